The van der Waals surface area contributed by atoms with Crippen molar-refractivity contribution in [3.8, 4) is 0 Å². The van der Waals surface area contributed by atoms with Crippen molar-refractivity contribution in [1.29, 1.82) is 0 Å². The first-order chi connectivity index (χ1) is 8.06. The van der Waals surface area contributed by atoms with E-state index in [0.29, 0.717) is 12.1 Å². The summed E-state index contributed by atoms with van der Waals surface area (Å²) in [7, 11) is 0. The highest BCUT2D eigenvalue weighted by atomic mass is 32.1. The quantitative estimate of drug-likeness (QED) is 0.846. The molecule has 2 rings (SSSR count). The lowest BCUT2D eigenvalue weighted by Crippen LogP contribution is -2.14. The number of halogens is 1. The lowest BCUT2D eigenvalue weighted by atomic mass is 10.1. The van der Waals surface area contributed by atoms with E-state index in [4.69, 9.17) is 18.0 Å². The number of nitrogens with two attached hydrogens (primary N) is 1. The Morgan fingerprint density at radius 3 is 2.88 bits per heavy atom. The molecule has 17 heavy (non-hydrogen) atoms. The first kappa shape index (κ1) is 11.7. The SMILES string of the molecule is Cc1cnn(Cc2ccc(F)cc2C(N)=S)c1. The Kier molecular flexibility index (Phi) is 3.19. The molecule has 0 spiro atoms. The summed E-state index contributed by atoms with van der Waals surface area (Å²) in [5, 5.41) is 4.17. The van der Waals surface area contributed by atoms with Crippen LogP contribution in [0.4, 0.5) is 4.39 Å². The van der Waals surface area contributed by atoms with Gasteiger partial charge in [-0.1, -0.05) is 18.3 Å². The van der Waals surface area contributed by atoms with E-state index in [-0.39, 0.29) is 10.8 Å². The molecular formula is C12H12FN3S. The van der Waals surface area contributed by atoms with Crippen LogP contribution in [0, 0.1) is 12.7 Å². The molecule has 0 bridgehead atoms. The predicted molar refractivity (Wildman–Crippen MR) is 68.4 cm³/mol. The second kappa shape index (κ2) is 4.63. The van der Waals surface area contributed by atoms with Crippen LogP contribution >= 0.6 is 12.2 Å². The Bertz CT molecular complexity index is 563. The third-order valence-electron chi connectivity index (χ3n) is 2.43. The van der Waals surface area contributed by atoms with Gasteiger partial charge in [0.25, 0.3) is 0 Å². The number of hydrogen-bond acceptors (Lipinski definition) is 2. The molecule has 2 N–H and O–H groups in total. The third kappa shape index (κ3) is 2.68. The number of thiocarbonyl (C=S) groups is 1. The maximum Gasteiger partial charge on any atom is 0.123 e. The highest BCUT2D eigenvalue weighted by molar-refractivity contribution is 7.80. The van der Waals surface area contributed by atoms with E-state index in [9.17, 15) is 4.39 Å². The number of rotatable bonds is 3. The van der Waals surface area contributed by atoms with E-state index >= 15 is 0 Å². The first-order valence-corrected chi connectivity index (χ1v) is 5.54. The van der Waals surface area contributed by atoms with Gasteiger partial charge in [0.1, 0.15) is 10.8 Å². The van der Waals surface area contributed by atoms with Crippen molar-refractivity contribution < 1.29 is 4.39 Å². The molecule has 0 aliphatic rings. The fourth-order valence-corrected chi connectivity index (χ4v) is 1.83. The normalized spacial score (nSPS) is 10.5. The summed E-state index contributed by atoms with van der Waals surface area (Å²) >= 11 is 4.91. The molecule has 3 nitrogen and oxygen atoms in total. The van der Waals surface area contributed by atoms with Gasteiger partial charge in [-0.15, -0.1) is 0 Å². The fourth-order valence-electron chi connectivity index (χ4n) is 1.64. The van der Waals surface area contributed by atoms with E-state index in [0.717, 1.165) is 11.1 Å². The molecule has 0 atom stereocenters. The zero-order valence-corrected chi connectivity index (χ0v) is 10.2. The summed E-state index contributed by atoms with van der Waals surface area (Å²) in [4.78, 5) is 0.198. The molecule has 0 unspecified atom stereocenters. The van der Waals surface area contributed by atoms with Crippen LogP contribution in [-0.4, -0.2) is 14.8 Å². The molecule has 0 amide bonds. The lowest BCUT2D eigenvalue weighted by molar-refractivity contribution is 0.624. The molecule has 1 aromatic carbocycles. The third-order valence-corrected chi connectivity index (χ3v) is 2.65. The van der Waals surface area contributed by atoms with E-state index in [2.05, 4.69) is 5.10 Å². The summed E-state index contributed by atoms with van der Waals surface area (Å²) in [6.45, 7) is 2.49. The standard InChI is InChI=1S/C12H12FN3S/c1-8-5-15-16(6-8)7-9-2-3-10(13)4-11(9)12(14)17/h2-6H,7H2,1H3,(H2,14,17). The summed E-state index contributed by atoms with van der Waals surface area (Å²) in [6, 6.07) is 4.43. The van der Waals surface area contributed by atoms with E-state index in [1.807, 2.05) is 13.1 Å². The number of nitrogens with zero attached hydrogens (tertiary/aromatic N) is 2. The lowest BCUT2D eigenvalue weighted by Gasteiger charge is -2.08. The summed E-state index contributed by atoms with van der Waals surface area (Å²) < 4.78 is 14.9. The topological polar surface area (TPSA) is 43.8 Å². The van der Waals surface area contributed by atoms with Crippen molar-refractivity contribution in [3.05, 3.63) is 53.1 Å². The van der Waals surface area contributed by atoms with Crippen molar-refractivity contribution >= 4 is 17.2 Å². The van der Waals surface area contributed by atoms with Crippen LogP contribution < -0.4 is 5.73 Å². The largest absolute Gasteiger partial charge is 0.389 e. The Balaban J connectivity index is 2.35. The van der Waals surface area contributed by atoms with Crippen molar-refractivity contribution in [2.75, 3.05) is 0 Å². The van der Waals surface area contributed by atoms with E-state index in [1.54, 1.807) is 16.9 Å². The molecule has 0 radical (unpaired) electrons. The summed E-state index contributed by atoms with van der Waals surface area (Å²) in [5.41, 5.74) is 8.08. The molecule has 0 saturated carbocycles. The van der Waals surface area contributed by atoms with E-state index in [1.165, 1.54) is 12.1 Å². The Hall–Kier alpha value is -1.75. The van der Waals surface area contributed by atoms with Gasteiger partial charge >= 0.3 is 0 Å². The average molecular weight is 249 g/mol. The van der Waals surface area contributed by atoms with Crippen molar-refractivity contribution in [3.63, 3.8) is 0 Å². The Morgan fingerprint density at radius 2 is 2.29 bits per heavy atom. The smallest absolute Gasteiger partial charge is 0.123 e. The van der Waals surface area contributed by atoms with Crippen molar-refractivity contribution in [2.45, 2.75) is 13.5 Å². The van der Waals surface area contributed by atoms with Crippen molar-refractivity contribution in [2.24, 2.45) is 5.73 Å². The molecular weight excluding hydrogens is 237 g/mol. The zero-order valence-electron chi connectivity index (χ0n) is 9.35. The maximum atomic E-state index is 13.1. The summed E-state index contributed by atoms with van der Waals surface area (Å²) in [5.74, 6) is -0.340. The van der Waals surface area contributed by atoms with Gasteiger partial charge in [0.15, 0.2) is 0 Å². The van der Waals surface area contributed by atoms with Crippen LogP contribution in [0.3, 0.4) is 0 Å². The molecule has 0 fully saturated rings. The van der Waals surface area contributed by atoms with Crippen molar-refractivity contribution in [1.82, 2.24) is 9.78 Å². The van der Waals surface area contributed by atoms with Crippen LogP contribution in [-0.2, 0) is 6.54 Å². The Morgan fingerprint density at radius 1 is 1.53 bits per heavy atom. The molecule has 5 heteroatoms. The Labute approximate surface area is 104 Å². The number of hydrogen-bond donors (Lipinski definition) is 1. The minimum atomic E-state index is -0.340. The highest BCUT2D eigenvalue weighted by Gasteiger charge is 2.07. The predicted octanol–water partition coefficient (Wildman–Crippen LogP) is 2.01. The molecule has 1 heterocycles. The number of benzene rings is 1. The van der Waals surface area contributed by atoms with Crippen LogP contribution in [0.1, 0.15) is 16.7 Å². The van der Waals surface area contributed by atoms with Gasteiger partial charge in [-0.2, -0.15) is 5.10 Å². The van der Waals surface area contributed by atoms with Crippen LogP contribution in [0.15, 0.2) is 30.6 Å². The van der Waals surface area contributed by atoms with Gasteiger partial charge in [-0.05, 0) is 30.2 Å². The van der Waals surface area contributed by atoms with Gasteiger partial charge in [-0.25, -0.2) is 4.39 Å². The highest BCUT2D eigenvalue weighted by Crippen LogP contribution is 2.13. The van der Waals surface area contributed by atoms with Gasteiger partial charge < -0.3 is 5.73 Å². The van der Waals surface area contributed by atoms with Crippen LogP contribution in [0.25, 0.3) is 0 Å². The van der Waals surface area contributed by atoms with Crippen LogP contribution in [0.2, 0.25) is 0 Å². The fraction of sp³-hybridized carbons (Fsp3) is 0.167. The second-order valence-electron chi connectivity index (χ2n) is 3.88. The van der Waals surface area contributed by atoms with Gasteiger partial charge in [0.2, 0.25) is 0 Å². The van der Waals surface area contributed by atoms with Gasteiger partial charge in [0.05, 0.1) is 12.7 Å². The maximum absolute atomic E-state index is 13.1. The van der Waals surface area contributed by atoms with Gasteiger partial charge in [0, 0.05) is 11.8 Å². The summed E-state index contributed by atoms with van der Waals surface area (Å²) in [6.07, 6.45) is 3.68. The van der Waals surface area contributed by atoms with E-state index < -0.39 is 0 Å². The van der Waals surface area contributed by atoms with Gasteiger partial charge in [-0.3, -0.25) is 4.68 Å². The average Bonchev–Trinajstić information content (AvgIpc) is 2.66. The van der Waals surface area contributed by atoms with Crippen LogP contribution in [0.5, 0.6) is 0 Å². The molecule has 1 aromatic heterocycles. The molecule has 0 aliphatic heterocycles. The number of aromatic nitrogens is 2. The molecule has 0 aliphatic carbocycles. The minimum absolute atomic E-state index is 0.198. The zero-order chi connectivity index (χ0) is 12.4. The minimum Gasteiger partial charge on any atom is -0.389 e. The first-order valence-electron chi connectivity index (χ1n) is 5.13. The number of aryl methyl sites for hydroxylation is 1. The molecule has 88 valence electrons. The monoisotopic (exact) mass is 249 g/mol. The molecule has 0 saturated heterocycles. The second-order valence-corrected chi connectivity index (χ2v) is 4.32. The molecule has 2 aromatic rings.